The molecule has 0 saturated heterocycles. The van der Waals surface area contributed by atoms with E-state index in [-0.39, 0.29) is 12.1 Å². The average molecular weight is 254 g/mol. The summed E-state index contributed by atoms with van der Waals surface area (Å²) in [6, 6.07) is 0. The Bertz CT molecular complexity index is 364. The number of unbranched alkanes of at least 4 members (excludes halogenated alkanes) is 1. The zero-order valence-corrected chi connectivity index (χ0v) is 12.0. The monoisotopic (exact) mass is 254 g/mol. The van der Waals surface area contributed by atoms with Crippen LogP contribution in [0.2, 0.25) is 0 Å². The molecule has 5 nitrogen and oxygen atoms in total. The third-order valence-electron chi connectivity index (χ3n) is 3.26. The number of rotatable bonds is 8. The standard InChI is InChI=1S/C13H26N4O/c1-5-14-13(4,10-18)8-6-7-9-17-12(3)15-11(2)16-17/h14,18H,5-10H2,1-4H3. The highest BCUT2D eigenvalue weighted by molar-refractivity contribution is 4.87. The van der Waals surface area contributed by atoms with Crippen molar-refractivity contribution in [2.75, 3.05) is 13.2 Å². The van der Waals surface area contributed by atoms with Crippen molar-refractivity contribution in [3.05, 3.63) is 11.6 Å². The SMILES string of the molecule is CCNC(C)(CO)CCCCn1nc(C)nc1C. The van der Waals surface area contributed by atoms with E-state index in [0.29, 0.717) is 0 Å². The Morgan fingerprint density at radius 1 is 1.33 bits per heavy atom. The maximum absolute atomic E-state index is 9.39. The number of aryl methyl sites for hydroxylation is 3. The molecule has 0 saturated carbocycles. The van der Waals surface area contributed by atoms with Crippen LogP contribution in [0.1, 0.15) is 44.8 Å². The van der Waals surface area contributed by atoms with Gasteiger partial charge >= 0.3 is 0 Å². The molecule has 1 rings (SSSR count). The minimum absolute atomic E-state index is 0.151. The predicted octanol–water partition coefficient (Wildman–Crippen LogP) is 1.43. The van der Waals surface area contributed by atoms with Crippen LogP contribution in [0.4, 0.5) is 0 Å². The van der Waals surface area contributed by atoms with Crippen molar-refractivity contribution in [2.45, 2.75) is 59.0 Å². The molecule has 1 atom stereocenters. The summed E-state index contributed by atoms with van der Waals surface area (Å²) < 4.78 is 1.96. The number of likely N-dealkylation sites (N-methyl/N-ethyl adjacent to an activating group) is 1. The molecule has 0 aromatic carbocycles. The summed E-state index contributed by atoms with van der Waals surface area (Å²) in [5.41, 5.74) is -0.151. The van der Waals surface area contributed by atoms with Gasteiger partial charge in [-0.05, 0) is 46.6 Å². The van der Waals surface area contributed by atoms with Crippen molar-refractivity contribution in [3.63, 3.8) is 0 Å². The van der Waals surface area contributed by atoms with Crippen LogP contribution in [0.15, 0.2) is 0 Å². The van der Waals surface area contributed by atoms with Crippen LogP contribution >= 0.6 is 0 Å². The molecule has 1 aromatic heterocycles. The van der Waals surface area contributed by atoms with Crippen molar-refractivity contribution < 1.29 is 5.11 Å². The normalized spacial score (nSPS) is 14.7. The Balaban J connectivity index is 2.32. The van der Waals surface area contributed by atoms with Gasteiger partial charge in [-0.1, -0.05) is 6.92 Å². The fourth-order valence-corrected chi connectivity index (χ4v) is 2.20. The number of aromatic nitrogens is 3. The van der Waals surface area contributed by atoms with E-state index < -0.39 is 0 Å². The highest BCUT2D eigenvalue weighted by Crippen LogP contribution is 2.13. The van der Waals surface area contributed by atoms with Crippen LogP contribution in [0.3, 0.4) is 0 Å². The highest BCUT2D eigenvalue weighted by atomic mass is 16.3. The molecule has 104 valence electrons. The van der Waals surface area contributed by atoms with E-state index in [1.165, 1.54) is 0 Å². The van der Waals surface area contributed by atoms with Gasteiger partial charge in [0.1, 0.15) is 11.6 Å². The van der Waals surface area contributed by atoms with E-state index in [1.54, 1.807) is 0 Å². The average Bonchev–Trinajstić information content (AvgIpc) is 2.64. The molecule has 1 heterocycles. The van der Waals surface area contributed by atoms with Gasteiger partial charge in [0.25, 0.3) is 0 Å². The molecule has 0 amide bonds. The van der Waals surface area contributed by atoms with Crippen LogP contribution in [0, 0.1) is 13.8 Å². The molecule has 0 radical (unpaired) electrons. The van der Waals surface area contributed by atoms with Crippen LogP contribution in [-0.4, -0.2) is 38.6 Å². The molecule has 1 aromatic rings. The number of nitrogens with zero attached hydrogens (tertiary/aromatic N) is 3. The lowest BCUT2D eigenvalue weighted by Gasteiger charge is -2.28. The molecular weight excluding hydrogens is 228 g/mol. The Hall–Kier alpha value is -0.940. The van der Waals surface area contributed by atoms with E-state index >= 15 is 0 Å². The van der Waals surface area contributed by atoms with Crippen molar-refractivity contribution in [3.8, 4) is 0 Å². The predicted molar refractivity (Wildman–Crippen MR) is 72.5 cm³/mol. The van der Waals surface area contributed by atoms with Gasteiger partial charge in [0.2, 0.25) is 0 Å². The third kappa shape index (κ3) is 4.38. The zero-order chi connectivity index (χ0) is 13.6. The van der Waals surface area contributed by atoms with Crippen LogP contribution in [-0.2, 0) is 6.54 Å². The van der Waals surface area contributed by atoms with Gasteiger partial charge in [0.05, 0.1) is 6.61 Å². The Morgan fingerprint density at radius 3 is 2.56 bits per heavy atom. The summed E-state index contributed by atoms with van der Waals surface area (Å²) >= 11 is 0. The molecule has 0 bridgehead atoms. The second-order valence-electron chi connectivity index (χ2n) is 5.14. The molecule has 0 aliphatic carbocycles. The second-order valence-corrected chi connectivity index (χ2v) is 5.14. The van der Waals surface area contributed by atoms with E-state index in [1.807, 2.05) is 18.5 Å². The minimum Gasteiger partial charge on any atom is -0.394 e. The lowest BCUT2D eigenvalue weighted by Crippen LogP contribution is -2.45. The van der Waals surface area contributed by atoms with Crippen molar-refractivity contribution in [1.29, 1.82) is 0 Å². The third-order valence-corrected chi connectivity index (χ3v) is 3.26. The molecule has 5 heteroatoms. The molecular formula is C13H26N4O. The lowest BCUT2D eigenvalue weighted by atomic mass is 9.96. The maximum atomic E-state index is 9.39. The van der Waals surface area contributed by atoms with Gasteiger partial charge in [-0.2, -0.15) is 5.10 Å². The first-order valence-electron chi connectivity index (χ1n) is 6.74. The molecule has 0 fully saturated rings. The summed E-state index contributed by atoms with van der Waals surface area (Å²) in [7, 11) is 0. The van der Waals surface area contributed by atoms with Crippen molar-refractivity contribution >= 4 is 0 Å². The first kappa shape index (κ1) is 15.1. The Labute approximate surface area is 110 Å². The Kier molecular flexibility index (Phi) is 5.75. The summed E-state index contributed by atoms with van der Waals surface area (Å²) in [4.78, 5) is 4.28. The summed E-state index contributed by atoms with van der Waals surface area (Å²) in [6.45, 7) is 10.0. The van der Waals surface area contributed by atoms with E-state index in [2.05, 4.69) is 29.2 Å². The first-order chi connectivity index (χ1) is 8.50. The van der Waals surface area contributed by atoms with Gasteiger partial charge in [-0.3, -0.25) is 4.68 Å². The molecule has 0 spiro atoms. The summed E-state index contributed by atoms with van der Waals surface area (Å²) in [6.07, 6.45) is 3.11. The van der Waals surface area contributed by atoms with Crippen LogP contribution in [0.5, 0.6) is 0 Å². The van der Waals surface area contributed by atoms with Crippen molar-refractivity contribution in [1.82, 2.24) is 20.1 Å². The highest BCUT2D eigenvalue weighted by Gasteiger charge is 2.20. The van der Waals surface area contributed by atoms with Crippen molar-refractivity contribution in [2.24, 2.45) is 0 Å². The summed E-state index contributed by atoms with van der Waals surface area (Å²) in [5, 5.41) is 17.1. The van der Waals surface area contributed by atoms with Gasteiger partial charge in [0.15, 0.2) is 0 Å². The fraction of sp³-hybridized carbons (Fsp3) is 0.846. The number of hydrogen-bond acceptors (Lipinski definition) is 4. The number of hydrogen-bond donors (Lipinski definition) is 2. The van der Waals surface area contributed by atoms with Crippen LogP contribution < -0.4 is 5.32 Å². The molecule has 2 N–H and O–H groups in total. The zero-order valence-electron chi connectivity index (χ0n) is 12.0. The van der Waals surface area contributed by atoms with E-state index in [0.717, 1.165) is 44.0 Å². The van der Waals surface area contributed by atoms with E-state index in [9.17, 15) is 5.11 Å². The molecule has 1 unspecified atom stereocenters. The second kappa shape index (κ2) is 6.85. The number of aliphatic hydroxyl groups is 1. The van der Waals surface area contributed by atoms with E-state index in [4.69, 9.17) is 0 Å². The smallest absolute Gasteiger partial charge is 0.147 e. The van der Waals surface area contributed by atoms with Gasteiger partial charge < -0.3 is 10.4 Å². The molecule has 0 aliphatic rings. The number of nitrogens with one attached hydrogen (secondary N) is 1. The summed E-state index contributed by atoms with van der Waals surface area (Å²) in [5.74, 6) is 1.81. The van der Waals surface area contributed by atoms with Gasteiger partial charge in [-0.15, -0.1) is 0 Å². The Morgan fingerprint density at radius 2 is 2.06 bits per heavy atom. The topological polar surface area (TPSA) is 63.0 Å². The minimum atomic E-state index is -0.151. The molecule has 0 aliphatic heterocycles. The largest absolute Gasteiger partial charge is 0.394 e. The van der Waals surface area contributed by atoms with Gasteiger partial charge in [-0.25, -0.2) is 4.98 Å². The fourth-order valence-electron chi connectivity index (χ4n) is 2.20. The maximum Gasteiger partial charge on any atom is 0.147 e. The number of aliphatic hydroxyl groups excluding tert-OH is 1. The first-order valence-corrected chi connectivity index (χ1v) is 6.74. The quantitative estimate of drug-likeness (QED) is 0.689. The van der Waals surface area contributed by atoms with Crippen LogP contribution in [0.25, 0.3) is 0 Å². The van der Waals surface area contributed by atoms with Gasteiger partial charge in [0, 0.05) is 12.1 Å². The lowest BCUT2D eigenvalue weighted by molar-refractivity contribution is 0.164. The molecule has 18 heavy (non-hydrogen) atoms.